The van der Waals surface area contributed by atoms with Gasteiger partial charge >= 0.3 is 0 Å². The number of carbonyl (C=O) groups is 2. The number of carbonyl (C=O) groups excluding carboxylic acids is 2. The van der Waals surface area contributed by atoms with Crippen LogP contribution in [0.25, 0.3) is 0 Å². The highest BCUT2D eigenvalue weighted by molar-refractivity contribution is 5.89. The number of hydrogen-bond donors (Lipinski definition) is 1. The summed E-state index contributed by atoms with van der Waals surface area (Å²) in [6, 6.07) is 6.18. The Labute approximate surface area is 136 Å². The van der Waals surface area contributed by atoms with Gasteiger partial charge in [0.1, 0.15) is 11.9 Å². The van der Waals surface area contributed by atoms with E-state index >= 15 is 0 Å². The van der Waals surface area contributed by atoms with E-state index in [2.05, 4.69) is 5.32 Å². The van der Waals surface area contributed by atoms with Crippen molar-refractivity contribution in [3.05, 3.63) is 35.6 Å². The molecule has 3 rings (SSSR count). The zero-order chi connectivity index (χ0) is 16.6. The molecule has 5 heteroatoms. The fourth-order valence-electron chi connectivity index (χ4n) is 3.50. The number of likely N-dealkylation sites (tertiary alicyclic amines) is 1. The Morgan fingerprint density at radius 2 is 2.17 bits per heavy atom. The molecule has 2 amide bonds. The third-order valence-electron chi connectivity index (χ3n) is 4.74. The average molecular weight is 318 g/mol. The second kappa shape index (κ2) is 6.30. The summed E-state index contributed by atoms with van der Waals surface area (Å²) in [4.78, 5) is 26.3. The van der Waals surface area contributed by atoms with Gasteiger partial charge in [0.25, 0.3) is 0 Å². The van der Waals surface area contributed by atoms with E-state index in [-0.39, 0.29) is 35.5 Å². The highest BCUT2D eigenvalue weighted by atomic mass is 19.1. The maximum atomic E-state index is 13.3. The Morgan fingerprint density at radius 1 is 1.39 bits per heavy atom. The number of rotatable bonds is 5. The van der Waals surface area contributed by atoms with Crippen molar-refractivity contribution in [3.63, 3.8) is 0 Å². The summed E-state index contributed by atoms with van der Waals surface area (Å²) >= 11 is 0. The average Bonchev–Trinajstić information content (AvgIpc) is 3.13. The van der Waals surface area contributed by atoms with Gasteiger partial charge in [-0.05, 0) is 36.5 Å². The molecule has 1 aliphatic carbocycles. The van der Waals surface area contributed by atoms with Gasteiger partial charge in [-0.3, -0.25) is 9.59 Å². The molecule has 1 heterocycles. The largest absolute Gasteiger partial charge is 0.351 e. The second-order valence-corrected chi connectivity index (χ2v) is 6.89. The molecule has 1 saturated heterocycles. The molecule has 0 spiro atoms. The van der Waals surface area contributed by atoms with Crippen molar-refractivity contribution in [3.8, 4) is 0 Å². The molecular formula is C18H23FN2O2. The summed E-state index contributed by atoms with van der Waals surface area (Å²) in [5.41, 5.74) is 0.925. The van der Waals surface area contributed by atoms with Crippen LogP contribution in [0.5, 0.6) is 0 Å². The summed E-state index contributed by atoms with van der Waals surface area (Å²) in [6.45, 7) is 4.59. The minimum atomic E-state index is -0.404. The van der Waals surface area contributed by atoms with Crippen molar-refractivity contribution >= 4 is 11.8 Å². The number of nitrogens with one attached hydrogen (secondary N) is 1. The Hall–Kier alpha value is -1.91. The van der Waals surface area contributed by atoms with Crippen LogP contribution in [0.15, 0.2) is 24.3 Å². The van der Waals surface area contributed by atoms with Crippen LogP contribution in [0.1, 0.15) is 44.6 Å². The fourth-order valence-corrected chi connectivity index (χ4v) is 3.50. The van der Waals surface area contributed by atoms with Crippen LogP contribution in [-0.2, 0) is 9.59 Å². The maximum absolute atomic E-state index is 13.3. The summed E-state index contributed by atoms with van der Waals surface area (Å²) in [6.07, 6.45) is 2.18. The van der Waals surface area contributed by atoms with E-state index in [9.17, 15) is 14.0 Å². The molecule has 0 bridgehead atoms. The molecule has 2 fully saturated rings. The highest BCUT2D eigenvalue weighted by Crippen LogP contribution is 2.41. The van der Waals surface area contributed by atoms with E-state index in [1.54, 1.807) is 11.0 Å². The second-order valence-electron chi connectivity index (χ2n) is 6.89. The Bertz CT molecular complexity index is 617. The predicted molar refractivity (Wildman–Crippen MR) is 85.3 cm³/mol. The Morgan fingerprint density at radius 3 is 2.78 bits per heavy atom. The zero-order valence-corrected chi connectivity index (χ0v) is 13.6. The summed E-state index contributed by atoms with van der Waals surface area (Å²) < 4.78 is 13.3. The van der Waals surface area contributed by atoms with Crippen LogP contribution < -0.4 is 5.32 Å². The first-order valence-corrected chi connectivity index (χ1v) is 8.32. The highest BCUT2D eigenvalue weighted by Gasteiger charge is 2.42. The van der Waals surface area contributed by atoms with Crippen LogP contribution in [0.3, 0.4) is 0 Å². The fraction of sp³-hybridized carbons (Fsp3) is 0.556. The zero-order valence-electron chi connectivity index (χ0n) is 13.6. The molecule has 1 saturated carbocycles. The van der Waals surface area contributed by atoms with Gasteiger partial charge in [0.15, 0.2) is 0 Å². The van der Waals surface area contributed by atoms with Gasteiger partial charge in [-0.1, -0.05) is 26.0 Å². The van der Waals surface area contributed by atoms with Crippen molar-refractivity contribution in [2.24, 2.45) is 5.92 Å². The molecule has 1 aliphatic heterocycles. The first-order valence-electron chi connectivity index (χ1n) is 8.32. The predicted octanol–water partition coefficient (Wildman–Crippen LogP) is 2.44. The van der Waals surface area contributed by atoms with Gasteiger partial charge in [-0.25, -0.2) is 4.39 Å². The van der Waals surface area contributed by atoms with Crippen molar-refractivity contribution in [1.82, 2.24) is 10.2 Å². The number of hydrogen-bond acceptors (Lipinski definition) is 2. The van der Waals surface area contributed by atoms with Crippen molar-refractivity contribution in [2.75, 3.05) is 6.54 Å². The van der Waals surface area contributed by atoms with Crippen LogP contribution >= 0.6 is 0 Å². The summed E-state index contributed by atoms with van der Waals surface area (Å²) in [5.74, 6) is -0.0159. The van der Waals surface area contributed by atoms with E-state index < -0.39 is 6.04 Å². The lowest BCUT2D eigenvalue weighted by molar-refractivity contribution is -0.139. The van der Waals surface area contributed by atoms with Crippen LogP contribution in [0.2, 0.25) is 0 Å². The number of halogens is 1. The molecule has 124 valence electrons. The van der Waals surface area contributed by atoms with Crippen molar-refractivity contribution in [2.45, 2.75) is 51.1 Å². The number of nitrogens with zero attached hydrogens (tertiary/aromatic N) is 1. The molecule has 1 aromatic carbocycles. The minimum absolute atomic E-state index is 0.0447. The lowest BCUT2D eigenvalue weighted by Gasteiger charge is -2.30. The van der Waals surface area contributed by atoms with Gasteiger partial charge < -0.3 is 10.2 Å². The third kappa shape index (κ3) is 3.38. The van der Waals surface area contributed by atoms with Crippen molar-refractivity contribution < 1.29 is 14.0 Å². The molecular weight excluding hydrogens is 295 g/mol. The smallest absolute Gasteiger partial charge is 0.243 e. The molecule has 0 aromatic heterocycles. The minimum Gasteiger partial charge on any atom is -0.351 e. The van der Waals surface area contributed by atoms with Gasteiger partial charge in [0, 0.05) is 24.9 Å². The van der Waals surface area contributed by atoms with Gasteiger partial charge in [-0.2, -0.15) is 0 Å². The maximum Gasteiger partial charge on any atom is 0.243 e. The van der Waals surface area contributed by atoms with E-state index in [1.165, 1.54) is 12.1 Å². The van der Waals surface area contributed by atoms with E-state index in [0.717, 1.165) is 18.4 Å². The van der Waals surface area contributed by atoms with Crippen LogP contribution in [0.4, 0.5) is 4.39 Å². The van der Waals surface area contributed by atoms with Crippen LogP contribution in [0, 0.1) is 11.7 Å². The molecule has 1 N–H and O–H groups in total. The van der Waals surface area contributed by atoms with Gasteiger partial charge in [0.2, 0.25) is 11.8 Å². The first-order chi connectivity index (χ1) is 11.0. The van der Waals surface area contributed by atoms with Gasteiger partial charge in [0.05, 0.1) is 0 Å². The lowest BCUT2D eigenvalue weighted by atomic mass is 10.0. The number of benzene rings is 1. The topological polar surface area (TPSA) is 49.4 Å². The quantitative estimate of drug-likeness (QED) is 0.906. The normalized spacial score (nSPS) is 24.9. The van der Waals surface area contributed by atoms with E-state index in [0.29, 0.717) is 13.0 Å². The molecule has 0 unspecified atom stereocenters. The Balaban J connectivity index is 1.63. The van der Waals surface area contributed by atoms with E-state index in [1.807, 2.05) is 19.9 Å². The SMILES string of the molecule is CC(C)[C@H](C(=O)N[C@@H]1C[C@H]1c1cccc(F)c1)N1CCCC1=O. The molecule has 3 atom stereocenters. The Kier molecular flexibility index (Phi) is 4.37. The van der Waals surface area contributed by atoms with Crippen molar-refractivity contribution in [1.29, 1.82) is 0 Å². The summed E-state index contributed by atoms with van der Waals surface area (Å²) in [5, 5.41) is 3.05. The molecule has 4 nitrogen and oxygen atoms in total. The summed E-state index contributed by atoms with van der Waals surface area (Å²) in [7, 11) is 0. The molecule has 2 aliphatic rings. The van der Waals surface area contributed by atoms with Crippen LogP contribution in [-0.4, -0.2) is 35.3 Å². The first kappa shape index (κ1) is 16.0. The number of amides is 2. The standard InChI is InChI=1S/C18H23FN2O2/c1-11(2)17(21-8-4-7-16(21)22)18(23)20-15-10-14(15)12-5-3-6-13(19)9-12/h3,5-6,9,11,14-15,17H,4,7-8,10H2,1-2H3,(H,20,23)/t14-,15+,17+/m0/s1. The molecule has 1 aromatic rings. The molecule has 0 radical (unpaired) electrons. The monoisotopic (exact) mass is 318 g/mol. The lowest BCUT2D eigenvalue weighted by Crippen LogP contribution is -2.51. The van der Waals surface area contributed by atoms with Gasteiger partial charge in [-0.15, -0.1) is 0 Å². The third-order valence-corrected chi connectivity index (χ3v) is 4.74. The van der Waals surface area contributed by atoms with E-state index in [4.69, 9.17) is 0 Å². The molecule has 23 heavy (non-hydrogen) atoms.